The van der Waals surface area contributed by atoms with Crippen molar-refractivity contribution in [3.63, 3.8) is 0 Å². The second-order valence-corrected chi connectivity index (χ2v) is 7.51. The smallest absolute Gasteiger partial charge is 0.251 e. The van der Waals surface area contributed by atoms with Crippen LogP contribution in [0.3, 0.4) is 0 Å². The molecule has 6 nitrogen and oxygen atoms in total. The minimum atomic E-state index is -0.149. The lowest BCUT2D eigenvalue weighted by Gasteiger charge is -2.15. The fraction of sp³-hybridized carbons (Fsp3) is 0.261. The number of nitrogens with one attached hydrogen (secondary N) is 2. The van der Waals surface area contributed by atoms with Crippen LogP contribution in [0.1, 0.15) is 47.4 Å². The summed E-state index contributed by atoms with van der Waals surface area (Å²) >= 11 is 0. The highest BCUT2D eigenvalue weighted by Crippen LogP contribution is 2.30. The van der Waals surface area contributed by atoms with Crippen molar-refractivity contribution in [1.29, 1.82) is 0 Å². The third-order valence-corrected chi connectivity index (χ3v) is 5.18. The average Bonchev–Trinajstić information content (AvgIpc) is 3.50. The molecule has 3 aromatic rings. The largest absolute Gasteiger partial charge is 0.346 e. The number of aryl methyl sites for hydroxylation is 1. The van der Waals surface area contributed by atoms with Gasteiger partial charge in [-0.05, 0) is 74.7 Å². The van der Waals surface area contributed by atoms with Crippen LogP contribution in [0.4, 0.5) is 5.69 Å². The molecule has 2 N–H and O–H groups in total. The quantitative estimate of drug-likeness (QED) is 0.670. The van der Waals surface area contributed by atoms with Crippen molar-refractivity contribution in [2.24, 2.45) is 5.92 Å². The molecule has 1 aromatic heterocycles. The molecule has 1 saturated carbocycles. The lowest BCUT2D eigenvalue weighted by molar-refractivity contribution is -0.117. The van der Waals surface area contributed by atoms with Gasteiger partial charge in [0.05, 0.1) is 11.7 Å². The topological polar surface area (TPSA) is 76.0 Å². The second kappa shape index (κ2) is 7.91. The highest BCUT2D eigenvalue weighted by atomic mass is 16.2. The van der Waals surface area contributed by atoms with E-state index < -0.39 is 0 Å². The van der Waals surface area contributed by atoms with E-state index in [-0.39, 0.29) is 23.8 Å². The Kier molecular flexibility index (Phi) is 5.16. The van der Waals surface area contributed by atoms with E-state index in [9.17, 15) is 9.59 Å². The molecule has 148 valence electrons. The van der Waals surface area contributed by atoms with Crippen LogP contribution in [0.5, 0.6) is 0 Å². The fourth-order valence-electron chi connectivity index (χ4n) is 3.20. The Morgan fingerprint density at radius 3 is 2.31 bits per heavy atom. The summed E-state index contributed by atoms with van der Waals surface area (Å²) in [6, 6.07) is 16.8. The summed E-state index contributed by atoms with van der Waals surface area (Å²) in [4.78, 5) is 24.4. The monoisotopic (exact) mass is 388 g/mol. The van der Waals surface area contributed by atoms with Gasteiger partial charge in [-0.1, -0.05) is 12.1 Å². The van der Waals surface area contributed by atoms with Crippen molar-refractivity contribution in [3.05, 3.63) is 77.6 Å². The van der Waals surface area contributed by atoms with Gasteiger partial charge < -0.3 is 10.6 Å². The molecule has 1 heterocycles. The van der Waals surface area contributed by atoms with Crippen molar-refractivity contribution < 1.29 is 9.59 Å². The van der Waals surface area contributed by atoms with E-state index in [1.165, 1.54) is 0 Å². The summed E-state index contributed by atoms with van der Waals surface area (Å²) in [6.07, 6.45) is 3.71. The van der Waals surface area contributed by atoms with Gasteiger partial charge in [-0.25, -0.2) is 4.68 Å². The number of amides is 2. The molecule has 29 heavy (non-hydrogen) atoms. The first-order valence-electron chi connectivity index (χ1n) is 9.84. The summed E-state index contributed by atoms with van der Waals surface area (Å²) in [5.41, 5.74) is 4.31. The zero-order valence-corrected chi connectivity index (χ0v) is 16.6. The van der Waals surface area contributed by atoms with E-state index in [4.69, 9.17) is 0 Å². The number of carbonyl (C=O) groups is 2. The lowest BCUT2D eigenvalue weighted by Crippen LogP contribution is -2.26. The van der Waals surface area contributed by atoms with Gasteiger partial charge in [0.15, 0.2) is 0 Å². The molecule has 1 unspecified atom stereocenters. The Balaban J connectivity index is 1.37. The van der Waals surface area contributed by atoms with E-state index in [0.29, 0.717) is 5.56 Å². The van der Waals surface area contributed by atoms with Crippen LogP contribution in [0.25, 0.3) is 5.69 Å². The van der Waals surface area contributed by atoms with Gasteiger partial charge in [0.25, 0.3) is 5.91 Å². The summed E-state index contributed by atoms with van der Waals surface area (Å²) in [6.45, 7) is 3.93. The molecular weight excluding hydrogens is 364 g/mol. The van der Waals surface area contributed by atoms with Crippen molar-refractivity contribution in [2.45, 2.75) is 32.7 Å². The van der Waals surface area contributed by atoms with Gasteiger partial charge in [0.2, 0.25) is 5.91 Å². The van der Waals surface area contributed by atoms with Crippen LogP contribution in [-0.2, 0) is 4.79 Å². The van der Waals surface area contributed by atoms with Gasteiger partial charge in [0, 0.05) is 29.1 Å². The minimum Gasteiger partial charge on any atom is -0.346 e. The van der Waals surface area contributed by atoms with Crippen molar-refractivity contribution in [1.82, 2.24) is 15.1 Å². The summed E-state index contributed by atoms with van der Waals surface area (Å²) in [7, 11) is 0. The number of aromatic nitrogens is 2. The molecule has 1 fully saturated rings. The van der Waals surface area contributed by atoms with Gasteiger partial charge in [-0.15, -0.1) is 0 Å². The first-order valence-corrected chi connectivity index (χ1v) is 9.84. The summed E-state index contributed by atoms with van der Waals surface area (Å²) < 4.78 is 1.83. The molecule has 2 aromatic carbocycles. The third-order valence-electron chi connectivity index (χ3n) is 5.18. The number of hydrogen-bond acceptors (Lipinski definition) is 3. The zero-order chi connectivity index (χ0) is 20.4. The average molecular weight is 388 g/mol. The van der Waals surface area contributed by atoms with Crippen molar-refractivity contribution in [3.8, 4) is 5.69 Å². The van der Waals surface area contributed by atoms with E-state index in [1.807, 2.05) is 61.0 Å². The molecule has 0 spiro atoms. The maximum atomic E-state index is 12.6. The Hall–Kier alpha value is -3.41. The Bertz CT molecular complexity index is 1020. The van der Waals surface area contributed by atoms with Crippen LogP contribution in [0.15, 0.2) is 60.8 Å². The van der Waals surface area contributed by atoms with Crippen LogP contribution < -0.4 is 10.6 Å². The van der Waals surface area contributed by atoms with E-state index in [2.05, 4.69) is 15.7 Å². The van der Waals surface area contributed by atoms with Crippen LogP contribution in [0.2, 0.25) is 0 Å². The number of rotatable bonds is 6. The number of nitrogens with zero attached hydrogens (tertiary/aromatic N) is 2. The minimum absolute atomic E-state index is 0.0906. The molecule has 1 atom stereocenters. The predicted octanol–water partition coefficient (Wildman–Crippen LogP) is 4.02. The van der Waals surface area contributed by atoms with E-state index >= 15 is 0 Å². The van der Waals surface area contributed by atoms with Crippen LogP contribution in [-0.4, -0.2) is 21.6 Å². The molecule has 0 bridgehead atoms. The van der Waals surface area contributed by atoms with Crippen molar-refractivity contribution in [2.75, 3.05) is 5.32 Å². The Morgan fingerprint density at radius 1 is 1.03 bits per heavy atom. The van der Waals surface area contributed by atoms with Gasteiger partial charge in [0.1, 0.15) is 0 Å². The van der Waals surface area contributed by atoms with Gasteiger partial charge in [-0.2, -0.15) is 5.10 Å². The molecule has 2 amide bonds. The summed E-state index contributed by atoms with van der Waals surface area (Å²) in [5.74, 6) is 0.136. The van der Waals surface area contributed by atoms with E-state index in [0.717, 1.165) is 35.5 Å². The fourth-order valence-corrected chi connectivity index (χ4v) is 3.20. The predicted molar refractivity (Wildman–Crippen MR) is 112 cm³/mol. The number of anilines is 1. The van der Waals surface area contributed by atoms with Crippen LogP contribution >= 0.6 is 0 Å². The SMILES string of the molecule is Cc1ccnn1-c1ccc(C(=O)NC(C)c2ccc(NC(=O)C3CC3)cc2)cc1. The highest BCUT2D eigenvalue weighted by molar-refractivity contribution is 5.95. The molecule has 1 aliphatic rings. The van der Waals surface area contributed by atoms with Crippen LogP contribution in [0, 0.1) is 12.8 Å². The zero-order valence-electron chi connectivity index (χ0n) is 16.6. The first kappa shape index (κ1) is 18.9. The lowest BCUT2D eigenvalue weighted by atomic mass is 10.1. The highest BCUT2D eigenvalue weighted by Gasteiger charge is 2.29. The van der Waals surface area contributed by atoms with Crippen molar-refractivity contribution >= 4 is 17.5 Å². The van der Waals surface area contributed by atoms with Gasteiger partial charge in [-0.3, -0.25) is 9.59 Å². The Labute approximate surface area is 169 Å². The molecule has 0 aliphatic heterocycles. The molecule has 1 aliphatic carbocycles. The maximum absolute atomic E-state index is 12.6. The molecule has 0 radical (unpaired) electrons. The first-order chi connectivity index (χ1) is 14.0. The van der Waals surface area contributed by atoms with E-state index in [1.54, 1.807) is 18.3 Å². The molecule has 4 rings (SSSR count). The Morgan fingerprint density at radius 2 is 1.72 bits per heavy atom. The molecular formula is C23H24N4O2. The molecule has 6 heteroatoms. The third kappa shape index (κ3) is 4.37. The second-order valence-electron chi connectivity index (χ2n) is 7.51. The van der Waals surface area contributed by atoms with Gasteiger partial charge >= 0.3 is 0 Å². The number of carbonyl (C=O) groups excluding carboxylic acids is 2. The maximum Gasteiger partial charge on any atom is 0.251 e. The standard InChI is InChI=1S/C23H24N4O2/c1-15-13-14-24-27(15)21-11-7-19(8-12-21)22(28)25-16(2)17-5-9-20(10-6-17)26-23(29)18-3-4-18/h5-14,16,18H,3-4H2,1-2H3,(H,25,28)(H,26,29). The molecule has 0 saturated heterocycles. The number of benzene rings is 2. The summed E-state index contributed by atoms with van der Waals surface area (Å²) in [5, 5.41) is 10.2. The normalized spacial score (nSPS) is 14.3. The number of hydrogen-bond donors (Lipinski definition) is 2.